The molecule has 2 fully saturated rings. The van der Waals surface area contributed by atoms with Gasteiger partial charge in [0.15, 0.2) is 0 Å². The maximum absolute atomic E-state index is 12.3. The fraction of sp³-hybridized carbons (Fsp3) is 0.556. The monoisotopic (exact) mass is 347 g/mol. The summed E-state index contributed by atoms with van der Waals surface area (Å²) in [5.74, 6) is -0.251. The molecule has 2 aliphatic rings. The van der Waals surface area contributed by atoms with E-state index in [0.717, 1.165) is 12.8 Å². The van der Waals surface area contributed by atoms with E-state index in [4.69, 9.17) is 9.47 Å². The van der Waals surface area contributed by atoms with Gasteiger partial charge in [0.1, 0.15) is 6.10 Å². The molecule has 0 radical (unpaired) electrons. The van der Waals surface area contributed by atoms with E-state index in [9.17, 15) is 19.7 Å². The summed E-state index contributed by atoms with van der Waals surface area (Å²) < 4.78 is 10.9. The van der Waals surface area contributed by atoms with Gasteiger partial charge in [-0.2, -0.15) is 0 Å². The Balaban J connectivity index is 1.62. The van der Waals surface area contributed by atoms with Crippen molar-refractivity contribution in [2.45, 2.75) is 45.3 Å². The highest BCUT2D eigenvalue weighted by Crippen LogP contribution is 2.53. The van der Waals surface area contributed by atoms with Crippen molar-refractivity contribution in [1.29, 1.82) is 0 Å². The summed E-state index contributed by atoms with van der Waals surface area (Å²) in [4.78, 5) is 34.6. The number of hydrogen-bond acceptors (Lipinski definition) is 6. The van der Waals surface area contributed by atoms with E-state index in [-0.39, 0.29) is 35.3 Å². The lowest BCUT2D eigenvalue weighted by molar-refractivity contribution is -0.384. The van der Waals surface area contributed by atoms with Crippen molar-refractivity contribution >= 4 is 17.6 Å². The predicted octanol–water partition coefficient (Wildman–Crippen LogP) is 3.12. The van der Waals surface area contributed by atoms with Gasteiger partial charge in [-0.25, -0.2) is 4.79 Å². The zero-order valence-electron chi connectivity index (χ0n) is 14.2. The number of rotatable bonds is 5. The molecule has 0 amide bonds. The molecule has 2 saturated carbocycles. The molecule has 0 bridgehead atoms. The Morgan fingerprint density at radius 1 is 1.16 bits per heavy atom. The normalized spacial score (nSPS) is 27.3. The van der Waals surface area contributed by atoms with Crippen molar-refractivity contribution in [2.24, 2.45) is 17.8 Å². The third kappa shape index (κ3) is 3.97. The van der Waals surface area contributed by atoms with Gasteiger partial charge in [-0.1, -0.05) is 0 Å². The number of carbonyl (C=O) groups is 2. The Morgan fingerprint density at radius 2 is 1.84 bits per heavy atom. The van der Waals surface area contributed by atoms with Crippen molar-refractivity contribution in [2.75, 3.05) is 0 Å². The lowest BCUT2D eigenvalue weighted by Gasteiger charge is -2.27. The number of esters is 2. The van der Waals surface area contributed by atoms with Crippen LogP contribution in [0.1, 0.15) is 43.5 Å². The molecule has 0 heterocycles. The highest BCUT2D eigenvalue weighted by molar-refractivity contribution is 5.89. The van der Waals surface area contributed by atoms with Crippen LogP contribution >= 0.6 is 0 Å². The maximum atomic E-state index is 12.3. The molecule has 4 atom stereocenters. The van der Waals surface area contributed by atoms with Crippen molar-refractivity contribution in [3.05, 3.63) is 39.9 Å². The number of nitro groups is 1. The summed E-state index contributed by atoms with van der Waals surface area (Å²) in [5.41, 5.74) is 0.197. The number of hydrogen-bond donors (Lipinski definition) is 0. The van der Waals surface area contributed by atoms with Gasteiger partial charge in [-0.3, -0.25) is 14.9 Å². The van der Waals surface area contributed by atoms with E-state index >= 15 is 0 Å². The third-order valence-corrected chi connectivity index (χ3v) is 4.82. The molecule has 0 saturated heterocycles. The molecule has 0 N–H and O–H groups in total. The van der Waals surface area contributed by atoms with E-state index in [1.165, 1.54) is 24.3 Å². The van der Waals surface area contributed by atoms with Crippen LogP contribution in [0.25, 0.3) is 0 Å². The van der Waals surface area contributed by atoms with Gasteiger partial charge < -0.3 is 9.47 Å². The average Bonchev–Trinajstić information content (AvgIpc) is 3.34. The van der Waals surface area contributed by atoms with Gasteiger partial charge in [-0.05, 0) is 57.1 Å². The number of ether oxygens (including phenoxy) is 2. The molecule has 0 aliphatic heterocycles. The molecule has 134 valence electrons. The van der Waals surface area contributed by atoms with Crippen LogP contribution in [-0.2, 0) is 14.3 Å². The molecular weight excluding hydrogens is 326 g/mol. The minimum atomic E-state index is -0.518. The molecule has 25 heavy (non-hydrogen) atoms. The fourth-order valence-corrected chi connectivity index (χ4v) is 3.50. The number of nitrogens with zero attached hydrogens (tertiary/aromatic N) is 1. The van der Waals surface area contributed by atoms with Crippen molar-refractivity contribution < 1.29 is 24.0 Å². The summed E-state index contributed by atoms with van der Waals surface area (Å²) in [5, 5.41) is 10.7. The number of benzene rings is 1. The number of fused-ring (bicyclic) bond motifs is 1. The van der Waals surface area contributed by atoms with Gasteiger partial charge in [0.05, 0.1) is 22.5 Å². The summed E-state index contributed by atoms with van der Waals surface area (Å²) >= 11 is 0. The Kier molecular flexibility index (Phi) is 4.74. The van der Waals surface area contributed by atoms with Gasteiger partial charge >= 0.3 is 11.9 Å². The van der Waals surface area contributed by atoms with E-state index in [0.29, 0.717) is 18.3 Å². The minimum Gasteiger partial charge on any atom is -0.463 e. The average molecular weight is 347 g/mol. The quantitative estimate of drug-likeness (QED) is 0.461. The summed E-state index contributed by atoms with van der Waals surface area (Å²) in [6, 6.07) is 5.33. The predicted molar refractivity (Wildman–Crippen MR) is 87.8 cm³/mol. The van der Waals surface area contributed by atoms with Crippen molar-refractivity contribution in [3.8, 4) is 0 Å². The standard InChI is InChI=1S/C18H21NO6/c1-10(2)24-18(21)13-7-12-8-15(12)16(9-13)25-17(20)11-3-5-14(6-4-11)19(22)23/h3-6,10,12-13,15-16H,7-9H2,1-2H3/t12-,13?,15?,16?/m1/s1. The van der Waals surface area contributed by atoms with E-state index in [1.54, 1.807) is 0 Å². The second-order valence-electron chi connectivity index (χ2n) is 7.06. The summed E-state index contributed by atoms with van der Waals surface area (Å²) in [6.07, 6.45) is 1.77. The summed E-state index contributed by atoms with van der Waals surface area (Å²) in [6.45, 7) is 3.62. The first-order chi connectivity index (χ1) is 11.8. The SMILES string of the molecule is CC(C)OC(=O)C1CC(OC(=O)c2ccc([N+](=O)[O-])cc2)C2C[C@H]2C1. The van der Waals surface area contributed by atoms with Gasteiger partial charge in [-0.15, -0.1) is 0 Å². The molecule has 0 aromatic heterocycles. The highest BCUT2D eigenvalue weighted by Gasteiger charge is 2.52. The molecule has 3 rings (SSSR count). The lowest BCUT2D eigenvalue weighted by Crippen LogP contribution is -2.33. The van der Waals surface area contributed by atoms with Crippen LogP contribution in [0.4, 0.5) is 5.69 Å². The van der Waals surface area contributed by atoms with Crippen LogP contribution in [-0.4, -0.2) is 29.1 Å². The van der Waals surface area contributed by atoms with Crippen LogP contribution in [0, 0.1) is 27.9 Å². The zero-order valence-corrected chi connectivity index (χ0v) is 14.2. The van der Waals surface area contributed by atoms with Crippen molar-refractivity contribution in [3.63, 3.8) is 0 Å². The largest absolute Gasteiger partial charge is 0.463 e. The molecule has 1 aromatic carbocycles. The first-order valence-electron chi connectivity index (χ1n) is 8.51. The Morgan fingerprint density at radius 3 is 2.44 bits per heavy atom. The number of nitro benzene ring substituents is 1. The van der Waals surface area contributed by atoms with Crippen LogP contribution in [0.5, 0.6) is 0 Å². The fourth-order valence-electron chi connectivity index (χ4n) is 3.50. The molecule has 0 spiro atoms. The second-order valence-corrected chi connectivity index (χ2v) is 7.06. The minimum absolute atomic E-state index is 0.0760. The third-order valence-electron chi connectivity index (χ3n) is 4.82. The van der Waals surface area contributed by atoms with Crippen molar-refractivity contribution in [1.82, 2.24) is 0 Å². The Labute approximate surface area is 145 Å². The summed E-state index contributed by atoms with van der Waals surface area (Å²) in [7, 11) is 0. The van der Waals surface area contributed by atoms with Crippen LogP contribution in [0.3, 0.4) is 0 Å². The van der Waals surface area contributed by atoms with E-state index < -0.39 is 10.9 Å². The smallest absolute Gasteiger partial charge is 0.338 e. The van der Waals surface area contributed by atoms with Gasteiger partial charge in [0.25, 0.3) is 5.69 Å². The molecule has 3 unspecified atom stereocenters. The van der Waals surface area contributed by atoms with E-state index in [1.807, 2.05) is 13.8 Å². The molecule has 7 heteroatoms. The lowest BCUT2D eigenvalue weighted by atomic mass is 9.87. The maximum Gasteiger partial charge on any atom is 0.338 e. The van der Waals surface area contributed by atoms with Crippen LogP contribution in [0.2, 0.25) is 0 Å². The molecule has 1 aromatic rings. The molecule has 7 nitrogen and oxygen atoms in total. The van der Waals surface area contributed by atoms with E-state index in [2.05, 4.69) is 0 Å². The van der Waals surface area contributed by atoms with Gasteiger partial charge in [0, 0.05) is 12.1 Å². The first-order valence-corrected chi connectivity index (χ1v) is 8.51. The topological polar surface area (TPSA) is 95.7 Å². The van der Waals surface area contributed by atoms with Crippen LogP contribution < -0.4 is 0 Å². The second kappa shape index (κ2) is 6.82. The first kappa shape index (κ1) is 17.4. The highest BCUT2D eigenvalue weighted by atomic mass is 16.6. The number of non-ortho nitro benzene ring substituents is 1. The Bertz CT molecular complexity index is 683. The molecule has 2 aliphatic carbocycles. The zero-order chi connectivity index (χ0) is 18.1. The van der Waals surface area contributed by atoms with Gasteiger partial charge in [0.2, 0.25) is 0 Å². The number of carbonyl (C=O) groups excluding carboxylic acids is 2. The Hall–Kier alpha value is -2.44. The molecular formula is C18H21NO6. The van der Waals surface area contributed by atoms with Crippen LogP contribution in [0.15, 0.2) is 24.3 Å².